The Hall–Kier alpha value is -2.22. The van der Waals surface area contributed by atoms with Crippen LogP contribution in [-0.4, -0.2) is 38.8 Å². The lowest BCUT2D eigenvalue weighted by molar-refractivity contribution is 0.0946. The summed E-state index contributed by atoms with van der Waals surface area (Å²) in [6.07, 6.45) is 2.87. The number of hydrogen-bond donors (Lipinski definition) is 1. The molecule has 1 N–H and O–H groups in total. The second-order valence-corrected chi connectivity index (χ2v) is 8.82. The van der Waals surface area contributed by atoms with Gasteiger partial charge in [0, 0.05) is 32.3 Å². The first-order valence-corrected chi connectivity index (χ1v) is 10.9. The molecule has 3 rings (SSSR count). The summed E-state index contributed by atoms with van der Waals surface area (Å²) in [5.74, 6) is -0.211. The molecule has 1 saturated heterocycles. The highest BCUT2D eigenvalue weighted by Gasteiger charge is 2.26. The van der Waals surface area contributed by atoms with Crippen molar-refractivity contribution in [2.75, 3.05) is 20.2 Å². The van der Waals surface area contributed by atoms with Crippen molar-refractivity contribution in [3.05, 3.63) is 65.2 Å². The van der Waals surface area contributed by atoms with Crippen molar-refractivity contribution >= 4 is 15.9 Å². The van der Waals surface area contributed by atoms with Crippen molar-refractivity contribution in [1.82, 2.24) is 9.62 Å². The molecular weight excluding hydrogens is 376 g/mol. The molecule has 2 aromatic carbocycles. The number of amides is 1. The highest BCUT2D eigenvalue weighted by Crippen LogP contribution is 2.21. The molecule has 6 nitrogen and oxygen atoms in total. The second-order valence-electron chi connectivity index (χ2n) is 6.88. The molecule has 0 saturated carbocycles. The van der Waals surface area contributed by atoms with Crippen molar-refractivity contribution in [2.45, 2.75) is 37.3 Å². The van der Waals surface area contributed by atoms with Gasteiger partial charge in [-0.3, -0.25) is 4.79 Å². The van der Waals surface area contributed by atoms with Crippen LogP contribution in [0.1, 0.15) is 40.7 Å². The third kappa shape index (κ3) is 4.79. The third-order valence-corrected chi connectivity index (χ3v) is 6.76. The van der Waals surface area contributed by atoms with E-state index in [2.05, 4.69) is 5.32 Å². The van der Waals surface area contributed by atoms with Crippen LogP contribution in [0.25, 0.3) is 0 Å². The summed E-state index contributed by atoms with van der Waals surface area (Å²) in [6, 6.07) is 14.1. The molecule has 0 spiro atoms. The molecule has 0 unspecified atom stereocenters. The molecule has 2 aromatic rings. The van der Waals surface area contributed by atoms with E-state index in [-0.39, 0.29) is 17.3 Å². The first kappa shape index (κ1) is 20.5. The number of carbonyl (C=O) groups is 1. The zero-order valence-corrected chi connectivity index (χ0v) is 16.9. The van der Waals surface area contributed by atoms with Gasteiger partial charge in [-0.1, -0.05) is 36.8 Å². The van der Waals surface area contributed by atoms with E-state index in [1.54, 1.807) is 41.7 Å². The summed E-state index contributed by atoms with van der Waals surface area (Å²) in [7, 11) is -1.90. The molecule has 150 valence electrons. The molecule has 1 aliphatic heterocycles. The van der Waals surface area contributed by atoms with Gasteiger partial charge < -0.3 is 10.1 Å². The normalized spacial score (nSPS) is 15.3. The number of ether oxygens (including phenoxy) is 1. The van der Waals surface area contributed by atoms with E-state index in [1.807, 2.05) is 18.2 Å². The SMILES string of the molecule is COCc1ccccc1C(=O)NCc1cccc(S(=O)(=O)N2CCCCC2)c1. The molecule has 0 aromatic heterocycles. The van der Waals surface area contributed by atoms with E-state index >= 15 is 0 Å². The largest absolute Gasteiger partial charge is 0.380 e. The molecule has 1 fully saturated rings. The number of hydrogen-bond acceptors (Lipinski definition) is 4. The fourth-order valence-electron chi connectivity index (χ4n) is 3.37. The molecule has 7 heteroatoms. The first-order chi connectivity index (χ1) is 13.5. The van der Waals surface area contributed by atoms with Crippen molar-refractivity contribution in [2.24, 2.45) is 0 Å². The standard InChI is InChI=1S/C21H26N2O4S/c1-27-16-18-9-3-4-11-20(18)21(24)22-15-17-8-7-10-19(14-17)28(25,26)23-12-5-2-6-13-23/h3-4,7-11,14H,2,5-6,12-13,15-16H2,1H3,(H,22,24). The minimum absolute atomic E-state index is 0.211. The maximum absolute atomic E-state index is 12.8. The number of methoxy groups -OCH3 is 1. The Balaban J connectivity index is 1.71. The second kappa shape index (κ2) is 9.32. The predicted molar refractivity (Wildman–Crippen MR) is 107 cm³/mol. The fraction of sp³-hybridized carbons (Fsp3) is 0.381. The van der Waals surface area contributed by atoms with Crippen molar-refractivity contribution < 1.29 is 17.9 Å². The average Bonchev–Trinajstić information content (AvgIpc) is 2.73. The summed E-state index contributed by atoms with van der Waals surface area (Å²) >= 11 is 0. The van der Waals surface area contributed by atoms with Crippen LogP contribution in [0.3, 0.4) is 0 Å². The van der Waals surface area contributed by atoms with Crippen molar-refractivity contribution in [1.29, 1.82) is 0 Å². The van der Waals surface area contributed by atoms with Crippen LogP contribution in [0, 0.1) is 0 Å². The van der Waals surface area contributed by atoms with Gasteiger partial charge >= 0.3 is 0 Å². The molecule has 28 heavy (non-hydrogen) atoms. The van der Waals surface area contributed by atoms with Gasteiger partial charge in [0.05, 0.1) is 11.5 Å². The van der Waals surface area contributed by atoms with E-state index < -0.39 is 10.0 Å². The van der Waals surface area contributed by atoms with Crippen LogP contribution in [0.15, 0.2) is 53.4 Å². The van der Waals surface area contributed by atoms with Gasteiger partial charge in [0.1, 0.15) is 0 Å². The van der Waals surface area contributed by atoms with Crippen molar-refractivity contribution in [3.63, 3.8) is 0 Å². The number of nitrogens with one attached hydrogen (secondary N) is 1. The van der Waals surface area contributed by atoms with Gasteiger partial charge in [-0.05, 0) is 42.2 Å². The highest BCUT2D eigenvalue weighted by molar-refractivity contribution is 7.89. The molecule has 1 amide bonds. The van der Waals surface area contributed by atoms with Crippen LogP contribution >= 0.6 is 0 Å². The molecule has 0 atom stereocenters. The zero-order chi connectivity index (χ0) is 20.0. The van der Waals surface area contributed by atoms with Gasteiger partial charge in [0.15, 0.2) is 0 Å². The average molecular weight is 403 g/mol. The van der Waals surface area contributed by atoms with E-state index in [0.717, 1.165) is 30.4 Å². The van der Waals surface area contributed by atoms with Crippen molar-refractivity contribution in [3.8, 4) is 0 Å². The summed E-state index contributed by atoms with van der Waals surface area (Å²) in [4.78, 5) is 12.8. The molecule has 1 aliphatic rings. The maximum atomic E-state index is 12.8. The van der Waals surface area contributed by atoms with Crippen LogP contribution in [0.2, 0.25) is 0 Å². The lowest BCUT2D eigenvalue weighted by Gasteiger charge is -2.26. The lowest BCUT2D eigenvalue weighted by atomic mass is 10.1. The number of benzene rings is 2. The smallest absolute Gasteiger partial charge is 0.251 e. The summed E-state index contributed by atoms with van der Waals surface area (Å²) in [5.41, 5.74) is 2.11. The highest BCUT2D eigenvalue weighted by atomic mass is 32.2. The molecule has 0 radical (unpaired) electrons. The predicted octanol–water partition coefficient (Wildman–Crippen LogP) is 2.94. The Kier molecular flexibility index (Phi) is 6.83. The first-order valence-electron chi connectivity index (χ1n) is 9.46. The van der Waals surface area contributed by atoms with Crippen LogP contribution < -0.4 is 5.32 Å². The number of rotatable bonds is 7. The monoisotopic (exact) mass is 402 g/mol. The van der Waals surface area contributed by atoms with Gasteiger partial charge in [0.25, 0.3) is 5.91 Å². The number of piperidine rings is 1. The fourth-order valence-corrected chi connectivity index (χ4v) is 4.96. The molecule has 0 bridgehead atoms. The van der Waals surface area contributed by atoms with E-state index in [4.69, 9.17) is 4.74 Å². The minimum Gasteiger partial charge on any atom is -0.380 e. The Morgan fingerprint density at radius 2 is 1.82 bits per heavy atom. The zero-order valence-electron chi connectivity index (χ0n) is 16.1. The lowest BCUT2D eigenvalue weighted by Crippen LogP contribution is -2.35. The van der Waals surface area contributed by atoms with Crippen LogP contribution in [0.4, 0.5) is 0 Å². The van der Waals surface area contributed by atoms with E-state index in [9.17, 15) is 13.2 Å². The topological polar surface area (TPSA) is 75.7 Å². The summed E-state index contributed by atoms with van der Waals surface area (Å²) in [6.45, 7) is 1.75. The Labute approximate surface area is 166 Å². The number of nitrogens with zero attached hydrogens (tertiary/aromatic N) is 1. The number of carbonyl (C=O) groups excluding carboxylic acids is 1. The minimum atomic E-state index is -3.49. The van der Waals surface area contributed by atoms with Crippen LogP contribution in [0.5, 0.6) is 0 Å². The van der Waals surface area contributed by atoms with Gasteiger partial charge in [-0.2, -0.15) is 4.31 Å². The molecular formula is C21H26N2O4S. The molecule has 1 heterocycles. The molecule has 0 aliphatic carbocycles. The Morgan fingerprint density at radius 3 is 2.57 bits per heavy atom. The maximum Gasteiger partial charge on any atom is 0.251 e. The summed E-state index contributed by atoms with van der Waals surface area (Å²) < 4.78 is 32.4. The Morgan fingerprint density at radius 1 is 1.07 bits per heavy atom. The Bertz CT molecular complexity index is 922. The number of sulfonamides is 1. The third-order valence-electron chi connectivity index (χ3n) is 4.87. The van der Waals surface area contributed by atoms with Crippen LogP contribution in [-0.2, 0) is 27.9 Å². The summed E-state index contributed by atoms with van der Waals surface area (Å²) in [5, 5.41) is 2.87. The quantitative estimate of drug-likeness (QED) is 0.773. The van der Waals surface area contributed by atoms with Gasteiger partial charge in [-0.25, -0.2) is 8.42 Å². The van der Waals surface area contributed by atoms with E-state index in [0.29, 0.717) is 25.3 Å². The van der Waals surface area contributed by atoms with Gasteiger partial charge in [0.2, 0.25) is 10.0 Å². The van der Waals surface area contributed by atoms with E-state index in [1.165, 1.54) is 0 Å². The van der Waals surface area contributed by atoms with Gasteiger partial charge in [-0.15, -0.1) is 0 Å².